The number of carbonyl (C=O) groups excluding carboxylic acids is 1. The van der Waals surface area contributed by atoms with Crippen LogP contribution in [0.2, 0.25) is 0 Å². The Morgan fingerprint density at radius 1 is 1.43 bits per heavy atom. The number of nitrogens with zero attached hydrogens (tertiary/aromatic N) is 1. The average molecular weight is 198 g/mol. The van der Waals surface area contributed by atoms with Crippen molar-refractivity contribution >= 4 is 5.91 Å². The van der Waals surface area contributed by atoms with Gasteiger partial charge in [-0.05, 0) is 32.7 Å². The third kappa shape index (κ3) is 2.98. The number of piperidine rings is 1. The highest BCUT2D eigenvalue weighted by molar-refractivity contribution is 5.81. The van der Waals surface area contributed by atoms with E-state index in [4.69, 9.17) is 0 Å². The van der Waals surface area contributed by atoms with Gasteiger partial charge in [0.1, 0.15) is 0 Å². The van der Waals surface area contributed by atoms with Crippen molar-refractivity contribution in [2.24, 2.45) is 0 Å². The number of likely N-dealkylation sites (N-methyl/N-ethyl adjacent to an activating group) is 1. The van der Waals surface area contributed by atoms with Crippen molar-refractivity contribution in [3.63, 3.8) is 0 Å². The standard InChI is InChI=1S/C11H22N2O/c1-3-9-13(4-2)11(14)10-7-5-6-8-12-10/h10,12H,3-9H2,1-2H3. The molecule has 1 N–H and O–H groups in total. The van der Waals surface area contributed by atoms with E-state index in [0.29, 0.717) is 5.91 Å². The van der Waals surface area contributed by atoms with E-state index in [1.54, 1.807) is 0 Å². The molecule has 1 fully saturated rings. The maximum absolute atomic E-state index is 12.0. The lowest BCUT2D eigenvalue weighted by Crippen LogP contribution is -2.48. The Morgan fingerprint density at radius 2 is 2.21 bits per heavy atom. The van der Waals surface area contributed by atoms with Crippen LogP contribution in [0.4, 0.5) is 0 Å². The average Bonchev–Trinajstić information content (AvgIpc) is 2.26. The van der Waals surface area contributed by atoms with E-state index in [0.717, 1.165) is 32.5 Å². The molecule has 0 saturated carbocycles. The number of amides is 1. The predicted molar refractivity (Wildman–Crippen MR) is 58.2 cm³/mol. The van der Waals surface area contributed by atoms with Crippen LogP contribution in [0, 0.1) is 0 Å². The fraction of sp³-hybridized carbons (Fsp3) is 0.909. The molecule has 1 unspecified atom stereocenters. The monoisotopic (exact) mass is 198 g/mol. The van der Waals surface area contributed by atoms with E-state index in [2.05, 4.69) is 19.2 Å². The summed E-state index contributed by atoms with van der Waals surface area (Å²) in [4.78, 5) is 13.9. The Morgan fingerprint density at radius 3 is 2.71 bits per heavy atom. The molecule has 0 aromatic heterocycles. The Bertz CT molecular complexity index is 169. The van der Waals surface area contributed by atoms with Crippen LogP contribution in [0.1, 0.15) is 39.5 Å². The molecule has 0 radical (unpaired) electrons. The molecule has 1 aliphatic rings. The third-order valence-electron chi connectivity index (χ3n) is 2.80. The van der Waals surface area contributed by atoms with Gasteiger partial charge in [0.05, 0.1) is 6.04 Å². The number of hydrogen-bond donors (Lipinski definition) is 1. The van der Waals surface area contributed by atoms with Crippen LogP contribution in [-0.4, -0.2) is 36.5 Å². The van der Waals surface area contributed by atoms with Crippen LogP contribution in [0.5, 0.6) is 0 Å². The zero-order valence-electron chi connectivity index (χ0n) is 9.38. The predicted octanol–water partition coefficient (Wildman–Crippen LogP) is 1.39. The highest BCUT2D eigenvalue weighted by Gasteiger charge is 2.23. The first-order valence-corrected chi connectivity index (χ1v) is 5.81. The molecule has 1 amide bonds. The molecule has 0 bridgehead atoms. The van der Waals surface area contributed by atoms with E-state index >= 15 is 0 Å². The quantitative estimate of drug-likeness (QED) is 0.740. The Hall–Kier alpha value is -0.570. The molecule has 3 heteroatoms. The zero-order chi connectivity index (χ0) is 10.4. The molecule has 3 nitrogen and oxygen atoms in total. The number of carbonyl (C=O) groups is 1. The molecule has 1 atom stereocenters. The Kier molecular flexibility index (Phi) is 4.94. The Labute approximate surface area is 86.9 Å². The minimum absolute atomic E-state index is 0.0928. The van der Waals surface area contributed by atoms with Crippen molar-refractivity contribution < 1.29 is 4.79 Å². The van der Waals surface area contributed by atoms with Gasteiger partial charge in [-0.2, -0.15) is 0 Å². The van der Waals surface area contributed by atoms with Crippen molar-refractivity contribution in [1.29, 1.82) is 0 Å². The maximum atomic E-state index is 12.0. The van der Waals surface area contributed by atoms with E-state index in [9.17, 15) is 4.79 Å². The van der Waals surface area contributed by atoms with Crippen LogP contribution in [-0.2, 0) is 4.79 Å². The van der Waals surface area contributed by atoms with Crippen LogP contribution < -0.4 is 5.32 Å². The van der Waals surface area contributed by atoms with Crippen LogP contribution in [0.15, 0.2) is 0 Å². The number of rotatable bonds is 4. The van der Waals surface area contributed by atoms with Crippen LogP contribution in [0.3, 0.4) is 0 Å². The lowest BCUT2D eigenvalue weighted by molar-refractivity contribution is -0.133. The number of hydrogen-bond acceptors (Lipinski definition) is 2. The van der Waals surface area contributed by atoms with E-state index < -0.39 is 0 Å². The topological polar surface area (TPSA) is 32.3 Å². The van der Waals surface area contributed by atoms with Gasteiger partial charge in [-0.3, -0.25) is 4.79 Å². The summed E-state index contributed by atoms with van der Waals surface area (Å²) in [6, 6.07) is 0.0928. The van der Waals surface area contributed by atoms with Crippen LogP contribution >= 0.6 is 0 Å². The molecule has 1 rings (SSSR count). The molecule has 82 valence electrons. The third-order valence-corrected chi connectivity index (χ3v) is 2.80. The van der Waals surface area contributed by atoms with Crippen molar-refractivity contribution in [3.8, 4) is 0 Å². The highest BCUT2D eigenvalue weighted by atomic mass is 16.2. The smallest absolute Gasteiger partial charge is 0.239 e. The summed E-state index contributed by atoms with van der Waals surface area (Å²) < 4.78 is 0. The molecule has 1 aliphatic heterocycles. The largest absolute Gasteiger partial charge is 0.342 e. The van der Waals surface area contributed by atoms with Crippen molar-refractivity contribution in [3.05, 3.63) is 0 Å². The first-order chi connectivity index (χ1) is 6.79. The number of nitrogens with one attached hydrogen (secondary N) is 1. The normalized spacial score (nSPS) is 22.0. The van der Waals surface area contributed by atoms with E-state index in [1.807, 2.05) is 4.90 Å². The lowest BCUT2D eigenvalue weighted by Gasteiger charge is -2.29. The second-order valence-corrected chi connectivity index (χ2v) is 3.92. The van der Waals surface area contributed by atoms with Crippen molar-refractivity contribution in [2.45, 2.75) is 45.6 Å². The van der Waals surface area contributed by atoms with Gasteiger partial charge in [0, 0.05) is 13.1 Å². The van der Waals surface area contributed by atoms with Gasteiger partial charge in [0.15, 0.2) is 0 Å². The summed E-state index contributed by atoms with van der Waals surface area (Å²) in [5.41, 5.74) is 0. The fourth-order valence-corrected chi connectivity index (χ4v) is 1.98. The summed E-state index contributed by atoms with van der Waals surface area (Å²) in [6.07, 6.45) is 4.46. The van der Waals surface area contributed by atoms with Crippen molar-refractivity contribution in [2.75, 3.05) is 19.6 Å². The molecular formula is C11H22N2O. The summed E-state index contributed by atoms with van der Waals surface area (Å²) in [5.74, 6) is 0.300. The van der Waals surface area contributed by atoms with Gasteiger partial charge in [-0.15, -0.1) is 0 Å². The second kappa shape index (κ2) is 6.02. The minimum Gasteiger partial charge on any atom is -0.342 e. The summed E-state index contributed by atoms with van der Waals surface area (Å²) >= 11 is 0. The fourth-order valence-electron chi connectivity index (χ4n) is 1.98. The first kappa shape index (κ1) is 11.5. The Balaban J connectivity index is 2.43. The van der Waals surface area contributed by atoms with Gasteiger partial charge in [0.2, 0.25) is 5.91 Å². The van der Waals surface area contributed by atoms with Gasteiger partial charge < -0.3 is 10.2 Å². The van der Waals surface area contributed by atoms with Gasteiger partial charge in [0.25, 0.3) is 0 Å². The first-order valence-electron chi connectivity index (χ1n) is 5.81. The molecule has 0 spiro atoms. The second-order valence-electron chi connectivity index (χ2n) is 3.92. The van der Waals surface area contributed by atoms with Gasteiger partial charge in [-0.25, -0.2) is 0 Å². The summed E-state index contributed by atoms with van der Waals surface area (Å²) in [7, 11) is 0. The van der Waals surface area contributed by atoms with Crippen molar-refractivity contribution in [1.82, 2.24) is 10.2 Å². The lowest BCUT2D eigenvalue weighted by atomic mass is 10.0. The van der Waals surface area contributed by atoms with E-state index in [1.165, 1.54) is 12.8 Å². The zero-order valence-corrected chi connectivity index (χ0v) is 9.38. The SMILES string of the molecule is CCCN(CC)C(=O)C1CCCCN1. The molecule has 0 aromatic rings. The maximum Gasteiger partial charge on any atom is 0.239 e. The van der Waals surface area contributed by atoms with E-state index in [-0.39, 0.29) is 6.04 Å². The summed E-state index contributed by atoms with van der Waals surface area (Å²) in [6.45, 7) is 6.90. The van der Waals surface area contributed by atoms with Crippen LogP contribution in [0.25, 0.3) is 0 Å². The molecule has 0 aliphatic carbocycles. The molecule has 1 saturated heterocycles. The molecular weight excluding hydrogens is 176 g/mol. The minimum atomic E-state index is 0.0928. The van der Waals surface area contributed by atoms with Gasteiger partial charge >= 0.3 is 0 Å². The highest BCUT2D eigenvalue weighted by Crippen LogP contribution is 2.10. The molecule has 14 heavy (non-hydrogen) atoms. The summed E-state index contributed by atoms with van der Waals surface area (Å²) in [5, 5.41) is 3.30. The molecule has 1 heterocycles. The van der Waals surface area contributed by atoms with Gasteiger partial charge in [-0.1, -0.05) is 13.3 Å². The molecule has 0 aromatic carbocycles.